The zero-order valence-corrected chi connectivity index (χ0v) is 18.1. The minimum absolute atomic E-state index is 0.0125. The summed E-state index contributed by atoms with van der Waals surface area (Å²) in [6.07, 6.45) is 4.90. The van der Waals surface area contributed by atoms with E-state index in [4.69, 9.17) is 4.98 Å². The number of imidazole rings is 1. The highest BCUT2D eigenvalue weighted by molar-refractivity contribution is 7.17. The van der Waals surface area contributed by atoms with E-state index in [1.807, 2.05) is 48.9 Å². The molecule has 5 rings (SSSR count). The molecule has 3 aromatic heterocycles. The molecule has 0 unspecified atom stereocenters. The highest BCUT2D eigenvalue weighted by Gasteiger charge is 2.25. The number of thiophene rings is 1. The molecule has 7 heteroatoms. The molecule has 0 atom stereocenters. The molecule has 154 valence electrons. The lowest BCUT2D eigenvalue weighted by Gasteiger charge is -2.12. The van der Waals surface area contributed by atoms with Crippen molar-refractivity contribution in [3.05, 3.63) is 52.2 Å². The third kappa shape index (κ3) is 3.54. The first kappa shape index (κ1) is 19.1. The number of hydrogen-bond acceptors (Lipinski definition) is 4. The van der Waals surface area contributed by atoms with Crippen LogP contribution in [-0.2, 0) is 24.2 Å². The molecular formula is C23H25N5OS. The van der Waals surface area contributed by atoms with Crippen LogP contribution in [-0.4, -0.2) is 25.7 Å². The number of anilines is 1. The Bertz CT molecular complexity index is 1200. The number of benzene rings is 1. The van der Waals surface area contributed by atoms with Crippen LogP contribution < -0.4 is 5.32 Å². The summed E-state index contributed by atoms with van der Waals surface area (Å²) in [5.74, 6) is 0.864. The van der Waals surface area contributed by atoms with Crippen LogP contribution in [0.4, 0.5) is 5.00 Å². The lowest BCUT2D eigenvalue weighted by molar-refractivity contribution is -0.116. The van der Waals surface area contributed by atoms with E-state index in [2.05, 4.69) is 15.4 Å². The number of carbonyl (C=O) groups excluding carboxylic acids is 1. The highest BCUT2D eigenvalue weighted by atomic mass is 32.1. The summed E-state index contributed by atoms with van der Waals surface area (Å²) in [5, 5.41) is 8.56. The summed E-state index contributed by atoms with van der Waals surface area (Å²) in [7, 11) is 0. The predicted octanol–water partition coefficient (Wildman–Crippen LogP) is 5.01. The maximum atomic E-state index is 12.8. The van der Waals surface area contributed by atoms with E-state index in [0.29, 0.717) is 13.0 Å². The summed E-state index contributed by atoms with van der Waals surface area (Å²) in [4.78, 5) is 22.5. The van der Waals surface area contributed by atoms with E-state index >= 15 is 0 Å². The van der Waals surface area contributed by atoms with Gasteiger partial charge in [-0.3, -0.25) is 9.48 Å². The Kier molecular flexibility index (Phi) is 4.90. The molecule has 0 bridgehead atoms. The van der Waals surface area contributed by atoms with Gasteiger partial charge in [-0.05, 0) is 63.3 Å². The SMILES string of the molecule is Cc1cc(C)n(CCC(=O)Nc2sc3c(c2-c2nc4ccccc4[nH]2)CCCC3)n1. The molecule has 0 aliphatic heterocycles. The van der Waals surface area contributed by atoms with Crippen molar-refractivity contribution in [2.24, 2.45) is 0 Å². The van der Waals surface area contributed by atoms with Crippen molar-refractivity contribution < 1.29 is 4.79 Å². The third-order valence-electron chi connectivity index (χ3n) is 5.70. The van der Waals surface area contributed by atoms with Crippen LogP contribution in [0, 0.1) is 13.8 Å². The molecule has 1 aliphatic carbocycles. The Labute approximate surface area is 179 Å². The Morgan fingerprint density at radius 2 is 2.07 bits per heavy atom. The number of aromatic amines is 1. The fourth-order valence-electron chi connectivity index (χ4n) is 4.27. The van der Waals surface area contributed by atoms with Crippen molar-refractivity contribution in [3.63, 3.8) is 0 Å². The van der Waals surface area contributed by atoms with Gasteiger partial charge in [-0.2, -0.15) is 5.10 Å². The number of fused-ring (bicyclic) bond motifs is 2. The van der Waals surface area contributed by atoms with Crippen molar-refractivity contribution in [2.75, 3.05) is 5.32 Å². The number of nitrogens with one attached hydrogen (secondary N) is 2. The lowest BCUT2D eigenvalue weighted by atomic mass is 9.95. The molecule has 3 heterocycles. The summed E-state index contributed by atoms with van der Waals surface area (Å²) in [5.41, 5.74) is 6.44. The van der Waals surface area contributed by atoms with Gasteiger partial charge in [-0.15, -0.1) is 11.3 Å². The molecule has 0 saturated carbocycles. The Morgan fingerprint density at radius 3 is 2.87 bits per heavy atom. The van der Waals surface area contributed by atoms with Gasteiger partial charge in [-0.25, -0.2) is 4.98 Å². The Hall–Kier alpha value is -2.93. The van der Waals surface area contributed by atoms with Crippen LogP contribution in [0.3, 0.4) is 0 Å². The molecule has 0 fully saturated rings. The van der Waals surface area contributed by atoms with Gasteiger partial charge in [0.2, 0.25) is 5.91 Å². The van der Waals surface area contributed by atoms with Gasteiger partial charge in [0, 0.05) is 23.5 Å². The lowest BCUT2D eigenvalue weighted by Crippen LogP contribution is -2.15. The van der Waals surface area contributed by atoms with Gasteiger partial charge in [-0.1, -0.05) is 12.1 Å². The fraction of sp³-hybridized carbons (Fsp3) is 0.348. The highest BCUT2D eigenvalue weighted by Crippen LogP contribution is 2.43. The van der Waals surface area contributed by atoms with E-state index in [1.54, 1.807) is 11.3 Å². The number of aryl methyl sites for hydroxylation is 4. The van der Waals surface area contributed by atoms with E-state index < -0.39 is 0 Å². The number of H-pyrrole nitrogens is 1. The third-order valence-corrected chi connectivity index (χ3v) is 6.91. The molecular weight excluding hydrogens is 394 g/mol. The first-order chi connectivity index (χ1) is 14.6. The monoisotopic (exact) mass is 419 g/mol. The number of amides is 1. The molecule has 1 amide bonds. The molecule has 6 nitrogen and oxygen atoms in total. The van der Waals surface area contributed by atoms with E-state index in [-0.39, 0.29) is 5.91 Å². The van der Waals surface area contributed by atoms with Gasteiger partial charge in [0.05, 0.1) is 22.3 Å². The number of hydrogen-bond donors (Lipinski definition) is 2. The van der Waals surface area contributed by atoms with Gasteiger partial charge < -0.3 is 10.3 Å². The second-order valence-electron chi connectivity index (χ2n) is 7.97. The second kappa shape index (κ2) is 7.72. The van der Waals surface area contributed by atoms with E-state index in [1.165, 1.54) is 23.3 Å². The van der Waals surface area contributed by atoms with Crippen LogP contribution >= 0.6 is 11.3 Å². The van der Waals surface area contributed by atoms with Gasteiger partial charge in [0.15, 0.2) is 0 Å². The molecule has 2 N–H and O–H groups in total. The summed E-state index contributed by atoms with van der Waals surface area (Å²) < 4.78 is 1.90. The summed E-state index contributed by atoms with van der Waals surface area (Å²) in [6, 6.07) is 10.1. The largest absolute Gasteiger partial charge is 0.338 e. The van der Waals surface area contributed by atoms with Crippen molar-refractivity contribution >= 4 is 33.3 Å². The van der Waals surface area contributed by atoms with Gasteiger partial charge in [0.25, 0.3) is 0 Å². The van der Waals surface area contributed by atoms with Crippen molar-refractivity contribution in [1.29, 1.82) is 0 Å². The number of carbonyl (C=O) groups is 1. The average Bonchev–Trinajstić information content (AvgIpc) is 3.39. The van der Waals surface area contributed by atoms with Crippen LogP contribution in [0.1, 0.15) is 41.1 Å². The average molecular weight is 420 g/mol. The zero-order chi connectivity index (χ0) is 20.7. The van der Waals surface area contributed by atoms with Gasteiger partial charge in [0.1, 0.15) is 10.8 Å². The topological polar surface area (TPSA) is 75.6 Å². The molecule has 1 aromatic carbocycles. The molecule has 1 aliphatic rings. The van der Waals surface area contributed by atoms with Crippen molar-refractivity contribution in [2.45, 2.75) is 52.5 Å². The van der Waals surface area contributed by atoms with Crippen molar-refractivity contribution in [3.8, 4) is 11.4 Å². The Morgan fingerprint density at radius 1 is 1.23 bits per heavy atom. The van der Waals surface area contributed by atoms with Crippen LogP contribution in [0.15, 0.2) is 30.3 Å². The number of rotatable bonds is 5. The number of aromatic nitrogens is 4. The normalized spacial score (nSPS) is 13.5. The maximum absolute atomic E-state index is 12.8. The first-order valence-electron chi connectivity index (χ1n) is 10.5. The fourth-order valence-corrected chi connectivity index (χ4v) is 5.58. The molecule has 4 aromatic rings. The molecule has 0 radical (unpaired) electrons. The summed E-state index contributed by atoms with van der Waals surface area (Å²) in [6.45, 7) is 4.57. The number of para-hydroxylation sites is 2. The summed E-state index contributed by atoms with van der Waals surface area (Å²) >= 11 is 1.71. The molecule has 0 saturated heterocycles. The van der Waals surface area contributed by atoms with Crippen molar-refractivity contribution in [1.82, 2.24) is 19.7 Å². The second-order valence-corrected chi connectivity index (χ2v) is 9.07. The maximum Gasteiger partial charge on any atom is 0.226 e. The van der Waals surface area contributed by atoms with Crippen LogP contribution in [0.25, 0.3) is 22.4 Å². The number of nitrogens with zero attached hydrogens (tertiary/aromatic N) is 3. The minimum atomic E-state index is 0.0125. The quantitative estimate of drug-likeness (QED) is 0.477. The minimum Gasteiger partial charge on any atom is -0.338 e. The zero-order valence-electron chi connectivity index (χ0n) is 17.3. The van der Waals surface area contributed by atoms with Crippen LogP contribution in [0.5, 0.6) is 0 Å². The smallest absolute Gasteiger partial charge is 0.226 e. The van der Waals surface area contributed by atoms with E-state index in [0.717, 1.165) is 51.7 Å². The van der Waals surface area contributed by atoms with Crippen LogP contribution in [0.2, 0.25) is 0 Å². The van der Waals surface area contributed by atoms with Gasteiger partial charge >= 0.3 is 0 Å². The Balaban J connectivity index is 1.43. The predicted molar refractivity (Wildman–Crippen MR) is 121 cm³/mol. The molecule has 0 spiro atoms. The van der Waals surface area contributed by atoms with E-state index in [9.17, 15) is 4.79 Å². The standard InChI is InChI=1S/C23H25N5OS/c1-14-13-15(2)28(27-14)12-11-20(29)26-23-21(16-7-3-6-10-19(16)30-23)22-24-17-8-4-5-9-18(17)25-22/h4-5,8-9,13H,3,6-7,10-12H2,1-2H3,(H,24,25)(H,26,29). The first-order valence-corrected chi connectivity index (χ1v) is 11.3. The molecule has 30 heavy (non-hydrogen) atoms.